The van der Waals surface area contributed by atoms with E-state index in [1.807, 2.05) is 36.4 Å². The van der Waals surface area contributed by atoms with Crippen molar-refractivity contribution in [3.8, 4) is 11.1 Å². The van der Waals surface area contributed by atoms with Gasteiger partial charge in [0.05, 0.1) is 29.5 Å². The summed E-state index contributed by atoms with van der Waals surface area (Å²) in [7, 11) is 0. The molecule has 3 aliphatic heterocycles. The summed E-state index contributed by atoms with van der Waals surface area (Å²) in [6.07, 6.45) is 0.354. The molecule has 1 saturated heterocycles. The molecule has 0 aliphatic carbocycles. The fourth-order valence-corrected chi connectivity index (χ4v) is 5.60. The summed E-state index contributed by atoms with van der Waals surface area (Å²) in [4.78, 5) is 29.0. The van der Waals surface area contributed by atoms with E-state index >= 15 is 0 Å². The first-order valence-electron chi connectivity index (χ1n) is 11.1. The number of ether oxygens (including phenoxy) is 1. The van der Waals surface area contributed by atoms with Gasteiger partial charge in [-0.15, -0.1) is 0 Å². The predicted octanol–water partition coefficient (Wildman–Crippen LogP) is 4.95. The van der Waals surface area contributed by atoms with Crippen molar-refractivity contribution in [2.45, 2.75) is 12.0 Å². The first-order chi connectivity index (χ1) is 16.5. The van der Waals surface area contributed by atoms with Crippen LogP contribution in [0.4, 0.5) is 11.4 Å². The van der Waals surface area contributed by atoms with Crippen LogP contribution in [-0.2, 0) is 21.5 Å². The average molecular weight is 494 g/mol. The van der Waals surface area contributed by atoms with Gasteiger partial charge in [-0.25, -0.2) is 0 Å². The Kier molecular flexibility index (Phi) is 5.06. The Balaban J connectivity index is 1.54. The minimum atomic E-state index is -1.12. The number of rotatable bonds is 3. The molecule has 3 heterocycles. The molecule has 6 nitrogen and oxygen atoms in total. The number of para-hydroxylation sites is 1. The topological polar surface area (TPSA) is 70.7 Å². The molecule has 0 aromatic heterocycles. The molecule has 3 aromatic rings. The van der Waals surface area contributed by atoms with Crippen LogP contribution in [0.1, 0.15) is 21.5 Å². The molecule has 172 valence electrons. The molecule has 2 amide bonds. The summed E-state index contributed by atoms with van der Waals surface area (Å²) in [6, 6.07) is 16.8. The van der Waals surface area contributed by atoms with Gasteiger partial charge in [0.2, 0.25) is 0 Å². The fraction of sp³-hybridized carbons (Fsp3) is 0.231. The number of fused-ring (bicyclic) bond motifs is 3. The molecule has 3 aromatic carbocycles. The molecule has 0 radical (unpaired) electrons. The van der Waals surface area contributed by atoms with E-state index in [1.54, 1.807) is 23.1 Å². The van der Waals surface area contributed by atoms with E-state index in [-0.39, 0.29) is 11.8 Å². The number of nitrogens with one attached hydrogen (secondary N) is 2. The molecular weight excluding hydrogens is 473 g/mol. The summed E-state index contributed by atoms with van der Waals surface area (Å²) < 4.78 is 5.42. The van der Waals surface area contributed by atoms with Crippen LogP contribution in [0.2, 0.25) is 10.0 Å². The summed E-state index contributed by atoms with van der Waals surface area (Å²) in [6.45, 7) is 2.06. The second kappa shape index (κ2) is 8.01. The summed E-state index contributed by atoms with van der Waals surface area (Å²) in [5.74, 6) is -0.299. The van der Waals surface area contributed by atoms with Crippen LogP contribution in [-0.4, -0.2) is 43.0 Å². The minimum absolute atomic E-state index is 0.102. The zero-order chi connectivity index (χ0) is 23.4. The number of halogens is 2. The van der Waals surface area contributed by atoms with Gasteiger partial charge in [0, 0.05) is 46.9 Å². The van der Waals surface area contributed by atoms with E-state index in [0.717, 1.165) is 22.3 Å². The average Bonchev–Trinajstić information content (AvgIpc) is 3.00. The van der Waals surface area contributed by atoms with Gasteiger partial charge in [0.1, 0.15) is 5.54 Å². The van der Waals surface area contributed by atoms with Crippen LogP contribution in [0.5, 0.6) is 0 Å². The molecule has 3 aliphatic rings. The third-order valence-electron chi connectivity index (χ3n) is 6.78. The van der Waals surface area contributed by atoms with Gasteiger partial charge in [-0.1, -0.05) is 47.5 Å². The highest BCUT2D eigenvalue weighted by Gasteiger charge is 2.49. The van der Waals surface area contributed by atoms with Gasteiger partial charge in [0.15, 0.2) is 0 Å². The smallest absolute Gasteiger partial charge is 0.256 e. The van der Waals surface area contributed by atoms with Crippen molar-refractivity contribution in [3.05, 3.63) is 81.3 Å². The number of nitrogens with zero attached hydrogens (tertiary/aromatic N) is 1. The number of anilines is 2. The Labute approximate surface area is 206 Å². The second-order valence-corrected chi connectivity index (χ2v) is 9.65. The monoisotopic (exact) mass is 493 g/mol. The van der Waals surface area contributed by atoms with Crippen molar-refractivity contribution in [3.63, 3.8) is 0 Å². The predicted molar refractivity (Wildman–Crippen MR) is 133 cm³/mol. The normalized spacial score (nSPS) is 20.3. The lowest BCUT2D eigenvalue weighted by Gasteiger charge is -2.32. The number of hydrogen-bond donors (Lipinski definition) is 2. The summed E-state index contributed by atoms with van der Waals surface area (Å²) >= 11 is 12.9. The molecule has 34 heavy (non-hydrogen) atoms. The molecule has 0 spiro atoms. The van der Waals surface area contributed by atoms with Crippen molar-refractivity contribution in [2.75, 3.05) is 36.9 Å². The Morgan fingerprint density at radius 3 is 2.62 bits per heavy atom. The summed E-state index contributed by atoms with van der Waals surface area (Å²) in [5.41, 5.74) is 3.94. The van der Waals surface area contributed by atoms with Crippen LogP contribution < -0.4 is 10.6 Å². The first-order valence-corrected chi connectivity index (χ1v) is 11.9. The maximum atomic E-state index is 13.6. The zero-order valence-electron chi connectivity index (χ0n) is 18.2. The van der Waals surface area contributed by atoms with Crippen molar-refractivity contribution >= 4 is 46.4 Å². The summed E-state index contributed by atoms with van der Waals surface area (Å²) in [5, 5.41) is 7.63. The Morgan fingerprint density at radius 2 is 1.82 bits per heavy atom. The zero-order valence-corrected chi connectivity index (χ0v) is 19.7. The number of benzene rings is 3. The van der Waals surface area contributed by atoms with E-state index in [0.29, 0.717) is 59.7 Å². The van der Waals surface area contributed by atoms with E-state index < -0.39 is 5.54 Å². The highest BCUT2D eigenvalue weighted by molar-refractivity contribution is 6.34. The van der Waals surface area contributed by atoms with Crippen LogP contribution in [0, 0.1) is 0 Å². The van der Waals surface area contributed by atoms with Crippen molar-refractivity contribution in [1.29, 1.82) is 0 Å². The Hall–Kier alpha value is -3.06. The third kappa shape index (κ3) is 3.28. The van der Waals surface area contributed by atoms with E-state index in [1.165, 1.54) is 0 Å². The Bertz CT molecular complexity index is 1350. The molecular formula is C26H21Cl2N3O3. The number of carbonyl (C=O) groups is 2. The van der Waals surface area contributed by atoms with Gasteiger partial charge in [-0.2, -0.15) is 0 Å². The quantitative estimate of drug-likeness (QED) is 0.541. The van der Waals surface area contributed by atoms with Crippen LogP contribution in [0.25, 0.3) is 11.1 Å². The van der Waals surface area contributed by atoms with Gasteiger partial charge >= 0.3 is 0 Å². The lowest BCUT2D eigenvalue weighted by atomic mass is 9.84. The third-order valence-corrected chi connectivity index (χ3v) is 7.33. The molecule has 8 heteroatoms. The van der Waals surface area contributed by atoms with Crippen molar-refractivity contribution in [2.24, 2.45) is 0 Å². The lowest BCUT2D eigenvalue weighted by Crippen LogP contribution is -2.45. The molecule has 1 unspecified atom stereocenters. The SMILES string of the molecule is O=C(c1cccc2c1NC1(Cc3cccc(Cl)c3)C(=O)Nc3cc(Cl)c-2cc31)N1CCOCC1. The fourth-order valence-electron chi connectivity index (χ4n) is 5.12. The van der Waals surface area contributed by atoms with Gasteiger partial charge in [0.25, 0.3) is 11.8 Å². The lowest BCUT2D eigenvalue weighted by molar-refractivity contribution is -0.119. The number of amides is 2. The molecule has 2 N–H and O–H groups in total. The van der Waals surface area contributed by atoms with Crippen LogP contribution >= 0.6 is 23.2 Å². The number of morpholine rings is 1. The van der Waals surface area contributed by atoms with Crippen LogP contribution in [0.3, 0.4) is 0 Å². The van der Waals surface area contributed by atoms with E-state index in [4.69, 9.17) is 27.9 Å². The van der Waals surface area contributed by atoms with Crippen molar-refractivity contribution < 1.29 is 14.3 Å². The van der Waals surface area contributed by atoms with Crippen LogP contribution in [0.15, 0.2) is 54.6 Å². The number of hydrogen-bond acceptors (Lipinski definition) is 4. The Morgan fingerprint density at radius 1 is 1.03 bits per heavy atom. The maximum absolute atomic E-state index is 13.6. The molecule has 0 saturated carbocycles. The second-order valence-electron chi connectivity index (χ2n) is 8.80. The van der Waals surface area contributed by atoms with E-state index in [9.17, 15) is 9.59 Å². The van der Waals surface area contributed by atoms with Gasteiger partial charge in [-0.3, -0.25) is 9.59 Å². The van der Waals surface area contributed by atoms with E-state index in [2.05, 4.69) is 10.6 Å². The molecule has 6 rings (SSSR count). The minimum Gasteiger partial charge on any atom is -0.378 e. The first kappa shape index (κ1) is 21.5. The molecule has 1 fully saturated rings. The van der Waals surface area contributed by atoms with Crippen molar-refractivity contribution in [1.82, 2.24) is 4.90 Å². The molecule has 1 atom stereocenters. The maximum Gasteiger partial charge on any atom is 0.256 e. The highest BCUT2D eigenvalue weighted by atomic mass is 35.5. The highest BCUT2D eigenvalue weighted by Crippen LogP contribution is 2.50. The molecule has 2 bridgehead atoms. The van der Waals surface area contributed by atoms with Gasteiger partial charge < -0.3 is 20.3 Å². The standard InChI is InChI=1S/C26H21Cl2N3O3/c27-16-4-1-3-15(11-16)14-26-20-12-19(21(28)13-22(20)29-25(26)33)17-5-2-6-18(23(17)30-26)24(32)31-7-9-34-10-8-31/h1-6,11-13,30H,7-10,14H2,(H,29,33). The van der Waals surface area contributed by atoms with Gasteiger partial charge in [-0.05, 0) is 35.9 Å². The largest absolute Gasteiger partial charge is 0.378 e. The number of carbonyl (C=O) groups excluding carboxylic acids is 2.